The van der Waals surface area contributed by atoms with Crippen LogP contribution in [0.3, 0.4) is 0 Å². The average Bonchev–Trinajstić information content (AvgIpc) is 2.47. The summed E-state index contributed by atoms with van der Waals surface area (Å²) in [4.78, 5) is 13.5. The maximum atomic E-state index is 11.5. The van der Waals surface area contributed by atoms with Gasteiger partial charge < -0.3 is 9.64 Å². The van der Waals surface area contributed by atoms with Crippen molar-refractivity contribution < 1.29 is 9.53 Å². The van der Waals surface area contributed by atoms with Gasteiger partial charge in [0.1, 0.15) is 5.84 Å². The largest absolute Gasteiger partial charge is 0.378 e. The van der Waals surface area contributed by atoms with Crippen LogP contribution in [0, 0.1) is 5.41 Å². The van der Waals surface area contributed by atoms with Crippen molar-refractivity contribution in [2.75, 3.05) is 31.6 Å². The fraction of sp³-hybridized carbons (Fsp3) is 0.385. The van der Waals surface area contributed by atoms with Gasteiger partial charge in [-0.1, -0.05) is 40.2 Å². The molecule has 0 aliphatic carbocycles. The van der Waals surface area contributed by atoms with Crippen molar-refractivity contribution >= 4 is 27.5 Å². The number of halogens is 1. The van der Waals surface area contributed by atoms with E-state index in [1.54, 1.807) is 12.1 Å². The van der Waals surface area contributed by atoms with E-state index in [2.05, 4.69) is 15.9 Å². The number of nitrogens with one attached hydrogen (secondary N) is 1. The molecule has 1 aromatic rings. The van der Waals surface area contributed by atoms with Crippen LogP contribution in [-0.4, -0.2) is 48.2 Å². The first kappa shape index (κ1) is 13.2. The molecule has 1 heterocycles. The van der Waals surface area contributed by atoms with E-state index >= 15 is 0 Å². The van der Waals surface area contributed by atoms with E-state index in [0.717, 1.165) is 18.7 Å². The highest BCUT2D eigenvalue weighted by Gasteiger charge is 2.15. The van der Waals surface area contributed by atoms with Crippen LogP contribution in [0.1, 0.15) is 15.9 Å². The maximum absolute atomic E-state index is 11.5. The van der Waals surface area contributed by atoms with Gasteiger partial charge in [-0.2, -0.15) is 0 Å². The van der Waals surface area contributed by atoms with Gasteiger partial charge in [-0.15, -0.1) is 0 Å². The Morgan fingerprint density at radius 3 is 2.33 bits per heavy atom. The van der Waals surface area contributed by atoms with Gasteiger partial charge in [0.05, 0.1) is 18.5 Å². The lowest BCUT2D eigenvalue weighted by Crippen LogP contribution is -2.40. The number of rotatable bonds is 3. The molecule has 1 aliphatic rings. The minimum absolute atomic E-state index is 0.0550. The van der Waals surface area contributed by atoms with E-state index in [1.165, 1.54) is 0 Å². The van der Waals surface area contributed by atoms with Gasteiger partial charge in [-0.3, -0.25) is 10.2 Å². The summed E-state index contributed by atoms with van der Waals surface area (Å²) in [5, 5.41) is 8.45. The molecule has 4 nitrogen and oxygen atoms in total. The zero-order chi connectivity index (χ0) is 13.0. The monoisotopic (exact) mass is 310 g/mol. The summed E-state index contributed by atoms with van der Waals surface area (Å²) < 4.78 is 5.26. The molecule has 0 amide bonds. The topological polar surface area (TPSA) is 53.4 Å². The quantitative estimate of drug-likeness (QED) is 0.402. The van der Waals surface area contributed by atoms with Crippen LogP contribution >= 0.6 is 15.9 Å². The number of carbonyl (C=O) groups is 1. The zero-order valence-corrected chi connectivity index (χ0v) is 11.6. The highest BCUT2D eigenvalue weighted by molar-refractivity contribution is 9.09. The van der Waals surface area contributed by atoms with Crippen LogP contribution in [0.5, 0.6) is 0 Å². The second kappa shape index (κ2) is 6.11. The fourth-order valence-corrected chi connectivity index (χ4v) is 2.18. The number of nitrogens with zero attached hydrogens (tertiary/aromatic N) is 1. The molecule has 0 spiro atoms. The molecule has 1 aliphatic heterocycles. The number of carbonyl (C=O) groups excluding carboxylic acids is 1. The first-order valence-corrected chi connectivity index (χ1v) is 6.95. The van der Waals surface area contributed by atoms with Crippen molar-refractivity contribution in [3.63, 3.8) is 0 Å². The highest BCUT2D eigenvalue weighted by Crippen LogP contribution is 2.10. The Labute approximate surface area is 115 Å². The summed E-state index contributed by atoms with van der Waals surface area (Å²) in [5.74, 6) is 0.551. The van der Waals surface area contributed by atoms with Crippen LogP contribution < -0.4 is 0 Å². The van der Waals surface area contributed by atoms with E-state index in [4.69, 9.17) is 10.1 Å². The number of Topliss-reactive ketones (excluding diaryl/α,β-unsaturated/α-hetero) is 1. The summed E-state index contributed by atoms with van der Waals surface area (Å²) in [6, 6.07) is 7.20. The number of benzene rings is 1. The van der Waals surface area contributed by atoms with Crippen molar-refractivity contribution in [3.05, 3.63) is 35.4 Å². The fourth-order valence-electron chi connectivity index (χ4n) is 1.86. The number of ether oxygens (including phenoxy) is 1. The Kier molecular flexibility index (Phi) is 4.49. The lowest BCUT2D eigenvalue weighted by molar-refractivity contribution is 0.0680. The van der Waals surface area contributed by atoms with E-state index < -0.39 is 0 Å². The number of amidine groups is 1. The number of alkyl halides is 1. The van der Waals surface area contributed by atoms with Gasteiger partial charge in [0, 0.05) is 24.2 Å². The van der Waals surface area contributed by atoms with Crippen molar-refractivity contribution in [1.29, 1.82) is 5.41 Å². The summed E-state index contributed by atoms with van der Waals surface area (Å²) in [7, 11) is 0. The third kappa shape index (κ3) is 2.97. The predicted molar refractivity (Wildman–Crippen MR) is 73.8 cm³/mol. The lowest BCUT2D eigenvalue weighted by atomic mass is 10.1. The van der Waals surface area contributed by atoms with Gasteiger partial charge in [0.25, 0.3) is 0 Å². The molecule has 18 heavy (non-hydrogen) atoms. The number of hydrogen-bond acceptors (Lipinski definition) is 3. The molecular weight excluding hydrogens is 296 g/mol. The van der Waals surface area contributed by atoms with Crippen LogP contribution in [0.25, 0.3) is 0 Å². The molecule has 0 radical (unpaired) electrons. The van der Waals surface area contributed by atoms with E-state index in [-0.39, 0.29) is 5.78 Å². The molecule has 96 valence electrons. The van der Waals surface area contributed by atoms with Crippen molar-refractivity contribution in [1.82, 2.24) is 4.90 Å². The molecule has 0 saturated carbocycles. The molecule has 1 saturated heterocycles. The molecule has 1 fully saturated rings. The molecule has 1 N–H and O–H groups in total. The van der Waals surface area contributed by atoms with Crippen molar-refractivity contribution in [2.45, 2.75) is 0 Å². The highest BCUT2D eigenvalue weighted by atomic mass is 79.9. The standard InChI is InChI=1S/C13H15BrN2O2/c14-9-12(17)10-1-3-11(4-2-10)13(15)16-5-7-18-8-6-16/h1-4,15H,5-9H2. The summed E-state index contributed by atoms with van der Waals surface area (Å²) in [5.41, 5.74) is 1.51. The number of hydrogen-bond donors (Lipinski definition) is 1. The van der Waals surface area contributed by atoms with Gasteiger partial charge in [0.2, 0.25) is 0 Å². The van der Waals surface area contributed by atoms with Crippen molar-refractivity contribution in [2.24, 2.45) is 0 Å². The summed E-state index contributed by atoms with van der Waals surface area (Å²) >= 11 is 3.15. The third-order valence-corrected chi connectivity index (χ3v) is 3.44. The summed E-state index contributed by atoms with van der Waals surface area (Å²) in [6.45, 7) is 2.84. The molecule has 0 atom stereocenters. The Morgan fingerprint density at radius 2 is 1.78 bits per heavy atom. The Hall–Kier alpha value is -1.20. The molecule has 0 bridgehead atoms. The third-order valence-electron chi connectivity index (χ3n) is 2.93. The minimum Gasteiger partial charge on any atom is -0.378 e. The zero-order valence-electron chi connectivity index (χ0n) is 9.99. The van der Waals surface area contributed by atoms with E-state index in [9.17, 15) is 4.79 Å². The molecule has 0 unspecified atom stereocenters. The maximum Gasteiger partial charge on any atom is 0.173 e. The van der Waals surface area contributed by atoms with Crippen LogP contribution in [0.2, 0.25) is 0 Å². The van der Waals surface area contributed by atoms with Crippen LogP contribution in [-0.2, 0) is 4.74 Å². The molecule has 5 heteroatoms. The van der Waals surface area contributed by atoms with Gasteiger partial charge in [-0.25, -0.2) is 0 Å². The molecule has 2 rings (SSSR count). The summed E-state index contributed by atoms with van der Waals surface area (Å²) in [6.07, 6.45) is 0. The molecule has 0 aromatic heterocycles. The second-order valence-corrected chi connectivity index (χ2v) is 4.64. The van der Waals surface area contributed by atoms with Gasteiger partial charge in [-0.05, 0) is 0 Å². The lowest BCUT2D eigenvalue weighted by Gasteiger charge is -2.29. The average molecular weight is 311 g/mol. The molecule has 1 aromatic carbocycles. The smallest absolute Gasteiger partial charge is 0.173 e. The minimum atomic E-state index is 0.0550. The first-order valence-electron chi connectivity index (χ1n) is 5.83. The normalized spacial score (nSPS) is 15.5. The SMILES string of the molecule is N=C(c1ccc(C(=O)CBr)cc1)N1CCOCC1. The number of morpholine rings is 1. The van der Waals surface area contributed by atoms with Crippen molar-refractivity contribution in [3.8, 4) is 0 Å². The molecular formula is C13H15BrN2O2. The van der Waals surface area contributed by atoms with Crippen LogP contribution in [0.4, 0.5) is 0 Å². The number of ketones is 1. The first-order chi connectivity index (χ1) is 8.72. The predicted octanol–water partition coefficient (Wildman–Crippen LogP) is 1.92. The van der Waals surface area contributed by atoms with E-state index in [0.29, 0.717) is 29.9 Å². The van der Waals surface area contributed by atoms with Gasteiger partial charge in [0.15, 0.2) is 5.78 Å². The van der Waals surface area contributed by atoms with E-state index in [1.807, 2.05) is 17.0 Å². The Morgan fingerprint density at radius 1 is 1.22 bits per heavy atom. The Balaban J connectivity index is 2.08. The van der Waals surface area contributed by atoms with Gasteiger partial charge >= 0.3 is 0 Å². The van der Waals surface area contributed by atoms with Crippen LogP contribution in [0.15, 0.2) is 24.3 Å². The second-order valence-electron chi connectivity index (χ2n) is 4.08. The Bertz CT molecular complexity index is 439.